The Morgan fingerprint density at radius 2 is 1.57 bits per heavy atom. The van der Waals surface area contributed by atoms with Gasteiger partial charge in [-0.25, -0.2) is 0 Å². The van der Waals surface area contributed by atoms with Crippen LogP contribution in [0.3, 0.4) is 0 Å². The minimum atomic E-state index is -0.732. The number of amides is 2. The summed E-state index contributed by atoms with van der Waals surface area (Å²) in [6, 6.07) is 15.3. The van der Waals surface area contributed by atoms with E-state index < -0.39 is 17.2 Å². The van der Waals surface area contributed by atoms with E-state index in [2.05, 4.69) is 10.6 Å². The summed E-state index contributed by atoms with van der Waals surface area (Å²) in [5, 5.41) is 5.76. The number of carbonyl (C=O) groups excluding carboxylic acids is 2. The Morgan fingerprint density at radius 3 is 2.24 bits per heavy atom. The lowest BCUT2D eigenvalue weighted by molar-refractivity contribution is 0.102. The molecule has 4 aromatic rings. The normalized spacial score (nSPS) is 10.7. The smallest absolute Gasteiger partial charge is 0.262 e. The molecule has 0 saturated carbocycles. The fourth-order valence-electron chi connectivity index (χ4n) is 3.88. The van der Waals surface area contributed by atoms with E-state index in [4.69, 9.17) is 19.6 Å². The molecule has 2 amide bonds. The van der Waals surface area contributed by atoms with Crippen molar-refractivity contribution >= 4 is 34.2 Å². The maximum atomic E-state index is 13.3. The van der Waals surface area contributed by atoms with Crippen molar-refractivity contribution in [2.24, 2.45) is 5.73 Å². The van der Waals surface area contributed by atoms with Crippen LogP contribution in [0.15, 0.2) is 70.1 Å². The lowest BCUT2D eigenvalue weighted by Crippen LogP contribution is -2.23. The van der Waals surface area contributed by atoms with Gasteiger partial charge in [0.25, 0.3) is 11.8 Å². The van der Waals surface area contributed by atoms with Gasteiger partial charge in [-0.15, -0.1) is 0 Å². The Hall–Kier alpha value is -4.63. The number of carbonyl (C=O) groups is 2. The Morgan fingerprint density at radius 1 is 0.892 bits per heavy atom. The number of rotatable bonds is 8. The van der Waals surface area contributed by atoms with Crippen molar-refractivity contribution in [3.63, 3.8) is 0 Å². The highest BCUT2D eigenvalue weighted by molar-refractivity contribution is 6.13. The quantitative estimate of drug-likeness (QED) is 0.331. The minimum Gasteiger partial charge on any atom is -0.493 e. The fourth-order valence-corrected chi connectivity index (χ4v) is 3.88. The number of hydrogen-bond donors (Lipinski definition) is 3. The van der Waals surface area contributed by atoms with Gasteiger partial charge in [0.1, 0.15) is 17.4 Å². The zero-order valence-electron chi connectivity index (χ0n) is 20.7. The number of nitrogens with two attached hydrogens (primary N) is 1. The Bertz CT molecular complexity index is 1530. The number of benzene rings is 3. The average molecular weight is 502 g/mol. The highest BCUT2D eigenvalue weighted by Crippen LogP contribution is 2.34. The van der Waals surface area contributed by atoms with Gasteiger partial charge in [-0.3, -0.25) is 14.4 Å². The van der Waals surface area contributed by atoms with Crippen molar-refractivity contribution in [3.8, 4) is 11.5 Å². The number of nitrogens with one attached hydrogen (secondary N) is 2. The molecule has 0 fully saturated rings. The molecule has 9 nitrogen and oxygen atoms in total. The molecule has 0 bridgehead atoms. The second-order valence-electron chi connectivity index (χ2n) is 8.37. The molecular formula is C28H27N3O6. The van der Waals surface area contributed by atoms with Crippen LogP contribution >= 0.6 is 0 Å². The first-order valence-corrected chi connectivity index (χ1v) is 11.5. The minimum absolute atomic E-state index is 0.109. The molecule has 1 aromatic heterocycles. The van der Waals surface area contributed by atoms with E-state index in [-0.39, 0.29) is 22.2 Å². The van der Waals surface area contributed by atoms with Crippen LogP contribution < -0.4 is 31.3 Å². The van der Waals surface area contributed by atoms with Gasteiger partial charge in [-0.1, -0.05) is 23.8 Å². The summed E-state index contributed by atoms with van der Waals surface area (Å²) in [6.45, 7) is 2.36. The van der Waals surface area contributed by atoms with Gasteiger partial charge < -0.3 is 30.3 Å². The molecular weight excluding hydrogens is 474 g/mol. The third-order valence-electron chi connectivity index (χ3n) is 5.83. The van der Waals surface area contributed by atoms with Gasteiger partial charge in [0.2, 0.25) is 5.43 Å². The zero-order chi connectivity index (χ0) is 26.5. The van der Waals surface area contributed by atoms with Gasteiger partial charge in [0.15, 0.2) is 11.5 Å². The van der Waals surface area contributed by atoms with Crippen molar-refractivity contribution in [3.05, 3.63) is 93.3 Å². The summed E-state index contributed by atoms with van der Waals surface area (Å²) in [5.41, 5.74) is 7.98. The maximum Gasteiger partial charge on any atom is 0.262 e. The van der Waals surface area contributed by atoms with Crippen molar-refractivity contribution in [1.82, 2.24) is 0 Å². The lowest BCUT2D eigenvalue weighted by Gasteiger charge is -2.16. The van der Waals surface area contributed by atoms with Crippen LogP contribution in [0.4, 0.5) is 11.4 Å². The van der Waals surface area contributed by atoms with E-state index in [9.17, 15) is 14.4 Å². The molecule has 0 aliphatic rings. The van der Waals surface area contributed by atoms with E-state index in [0.29, 0.717) is 29.3 Å². The average Bonchev–Trinajstić information content (AvgIpc) is 2.90. The van der Waals surface area contributed by atoms with E-state index in [0.717, 1.165) is 23.8 Å². The molecule has 9 heteroatoms. The summed E-state index contributed by atoms with van der Waals surface area (Å²) >= 11 is 0. The predicted molar refractivity (Wildman–Crippen MR) is 142 cm³/mol. The van der Waals surface area contributed by atoms with Gasteiger partial charge in [-0.2, -0.15) is 0 Å². The lowest BCUT2D eigenvalue weighted by atomic mass is 10.1. The summed E-state index contributed by atoms with van der Waals surface area (Å²) in [5.74, 6) is -0.639. The number of ether oxygens (including phenoxy) is 2. The van der Waals surface area contributed by atoms with Gasteiger partial charge in [0, 0.05) is 11.8 Å². The van der Waals surface area contributed by atoms with E-state index >= 15 is 0 Å². The van der Waals surface area contributed by atoms with Crippen LogP contribution in [-0.2, 0) is 6.42 Å². The van der Waals surface area contributed by atoms with Crippen molar-refractivity contribution in [2.75, 3.05) is 31.4 Å². The largest absolute Gasteiger partial charge is 0.493 e. The molecule has 0 unspecified atom stereocenters. The van der Waals surface area contributed by atoms with E-state index in [1.807, 2.05) is 25.1 Å². The molecule has 0 aliphatic heterocycles. The molecule has 0 saturated heterocycles. The van der Waals surface area contributed by atoms with Gasteiger partial charge >= 0.3 is 0 Å². The van der Waals surface area contributed by atoms with Gasteiger partial charge in [-0.05, 0) is 55.8 Å². The second-order valence-corrected chi connectivity index (χ2v) is 8.37. The predicted octanol–water partition coefficient (Wildman–Crippen LogP) is 4.12. The number of fused-ring (bicyclic) bond motifs is 1. The first kappa shape index (κ1) is 25.5. The molecule has 37 heavy (non-hydrogen) atoms. The van der Waals surface area contributed by atoms with Crippen LogP contribution in [-0.4, -0.2) is 32.6 Å². The van der Waals surface area contributed by atoms with Crippen LogP contribution in [0.5, 0.6) is 11.5 Å². The maximum absolute atomic E-state index is 13.3. The third kappa shape index (κ3) is 5.46. The molecule has 1 heterocycles. The molecule has 3 aromatic carbocycles. The molecule has 0 aliphatic carbocycles. The third-order valence-corrected chi connectivity index (χ3v) is 5.83. The van der Waals surface area contributed by atoms with Crippen LogP contribution in [0.1, 0.15) is 31.8 Å². The Labute approximate surface area is 213 Å². The van der Waals surface area contributed by atoms with Crippen molar-refractivity contribution in [2.45, 2.75) is 13.3 Å². The second kappa shape index (κ2) is 11.0. The topological polar surface area (TPSA) is 133 Å². The molecule has 0 spiro atoms. The molecule has 0 radical (unpaired) electrons. The van der Waals surface area contributed by atoms with Crippen LogP contribution in [0.25, 0.3) is 11.0 Å². The standard InChI is InChI=1S/C28H27N3O6/c1-16-4-9-23-20(12-16)26(32)21(15-37-23)28(34)31-22-14-25(36-3)24(35-2)13-19(22)27(33)30-18-7-5-17(6-8-18)10-11-29/h4-9,12-15H,10-11,29H2,1-3H3,(H,30,33)(H,31,34). The first-order valence-electron chi connectivity index (χ1n) is 11.5. The Kier molecular flexibility index (Phi) is 7.55. The molecule has 4 rings (SSSR count). The molecule has 0 atom stereocenters. The van der Waals surface area contributed by atoms with Crippen LogP contribution in [0.2, 0.25) is 0 Å². The number of anilines is 2. The number of hydrogen-bond acceptors (Lipinski definition) is 7. The number of aryl methyl sites for hydroxylation is 1. The van der Waals surface area contributed by atoms with Crippen molar-refractivity contribution < 1.29 is 23.5 Å². The summed E-state index contributed by atoms with van der Waals surface area (Å²) < 4.78 is 16.2. The zero-order valence-corrected chi connectivity index (χ0v) is 20.7. The molecule has 4 N–H and O–H groups in total. The number of methoxy groups -OCH3 is 2. The molecule has 190 valence electrons. The highest BCUT2D eigenvalue weighted by Gasteiger charge is 2.21. The van der Waals surface area contributed by atoms with Crippen molar-refractivity contribution in [1.29, 1.82) is 0 Å². The van der Waals surface area contributed by atoms with E-state index in [1.54, 1.807) is 24.3 Å². The summed E-state index contributed by atoms with van der Waals surface area (Å²) in [7, 11) is 2.88. The van der Waals surface area contributed by atoms with Crippen LogP contribution in [0, 0.1) is 6.92 Å². The summed E-state index contributed by atoms with van der Waals surface area (Å²) in [4.78, 5) is 39.4. The monoisotopic (exact) mass is 501 g/mol. The first-order chi connectivity index (χ1) is 17.8. The van der Waals surface area contributed by atoms with E-state index in [1.165, 1.54) is 26.4 Å². The highest BCUT2D eigenvalue weighted by atomic mass is 16.5. The summed E-state index contributed by atoms with van der Waals surface area (Å²) in [6.07, 6.45) is 1.83. The Balaban J connectivity index is 1.69. The SMILES string of the molecule is COc1cc(NC(=O)c2coc3ccc(C)cc3c2=O)c(C(=O)Nc2ccc(CCN)cc2)cc1OC. The van der Waals surface area contributed by atoms with Gasteiger partial charge in [0.05, 0.1) is 30.9 Å². The fraction of sp³-hybridized carbons (Fsp3) is 0.179.